The van der Waals surface area contributed by atoms with Gasteiger partial charge in [-0.15, -0.1) is 5.10 Å². The Kier molecular flexibility index (Phi) is 2.51. The molecule has 0 bridgehead atoms. The molecule has 1 saturated carbocycles. The molecule has 0 radical (unpaired) electrons. The van der Waals surface area contributed by atoms with E-state index >= 15 is 0 Å². The first-order chi connectivity index (χ1) is 7.84. The monoisotopic (exact) mass is 238 g/mol. The van der Waals surface area contributed by atoms with Gasteiger partial charge in [-0.25, -0.2) is 4.79 Å². The Labute approximate surface area is 98.0 Å². The first-order valence-electron chi connectivity index (χ1n) is 5.69. The predicted octanol–water partition coefficient (Wildman–Crippen LogP) is 1.94. The molecule has 2 aliphatic rings. The van der Waals surface area contributed by atoms with E-state index in [1.165, 1.54) is 37.2 Å². The second kappa shape index (κ2) is 4.01. The summed E-state index contributed by atoms with van der Waals surface area (Å²) >= 11 is 1.22. The zero-order chi connectivity index (χ0) is 11.0. The maximum atomic E-state index is 12.0. The Bertz CT molecular complexity index is 380. The highest BCUT2D eigenvalue weighted by atomic mass is 32.1. The minimum Gasteiger partial charge on any atom is -0.321 e. The largest absolute Gasteiger partial charge is 0.322 e. The van der Waals surface area contributed by atoms with Crippen molar-refractivity contribution >= 4 is 22.6 Å². The van der Waals surface area contributed by atoms with Crippen LogP contribution in [-0.2, 0) is 0 Å². The topological polar surface area (TPSA) is 58.1 Å². The number of hydrogen-bond donors (Lipinski definition) is 1. The zero-order valence-electron chi connectivity index (χ0n) is 8.93. The number of fused-ring (bicyclic) bond motifs is 1. The molecule has 1 aliphatic carbocycles. The van der Waals surface area contributed by atoms with Crippen LogP contribution in [0.25, 0.3) is 0 Å². The number of carbonyl (C=O) groups is 1. The molecule has 2 amide bonds. The van der Waals surface area contributed by atoms with Crippen LogP contribution in [-0.4, -0.2) is 33.1 Å². The average molecular weight is 238 g/mol. The van der Waals surface area contributed by atoms with Crippen LogP contribution in [0.15, 0.2) is 6.20 Å². The van der Waals surface area contributed by atoms with E-state index < -0.39 is 0 Å². The van der Waals surface area contributed by atoms with Gasteiger partial charge in [0.05, 0.1) is 6.20 Å². The molecule has 2 fully saturated rings. The van der Waals surface area contributed by atoms with Crippen molar-refractivity contribution in [1.29, 1.82) is 0 Å². The Hall–Kier alpha value is -1.17. The number of amides is 2. The molecule has 1 N–H and O–H groups in total. The SMILES string of the molecule is O=C(Nc1cnns1)N1CCC2CCCC21. The fourth-order valence-corrected chi connectivity index (χ4v) is 3.30. The molecule has 2 atom stereocenters. The highest BCUT2D eigenvalue weighted by molar-refractivity contribution is 7.10. The molecule has 2 unspecified atom stereocenters. The summed E-state index contributed by atoms with van der Waals surface area (Å²) in [5.41, 5.74) is 0. The molecule has 1 aromatic rings. The quantitative estimate of drug-likeness (QED) is 0.813. The summed E-state index contributed by atoms with van der Waals surface area (Å²) in [6.07, 6.45) is 6.47. The molecule has 16 heavy (non-hydrogen) atoms. The van der Waals surface area contributed by atoms with Crippen molar-refractivity contribution in [1.82, 2.24) is 14.5 Å². The van der Waals surface area contributed by atoms with E-state index in [0.717, 1.165) is 17.5 Å². The first kappa shape index (κ1) is 10.0. The van der Waals surface area contributed by atoms with Crippen LogP contribution in [0.3, 0.4) is 0 Å². The third-order valence-electron chi connectivity index (χ3n) is 3.61. The number of hydrogen-bond acceptors (Lipinski definition) is 4. The van der Waals surface area contributed by atoms with E-state index in [1.54, 1.807) is 6.20 Å². The molecule has 1 saturated heterocycles. The molecule has 1 aromatic heterocycles. The molecule has 2 heterocycles. The van der Waals surface area contributed by atoms with Crippen molar-refractivity contribution in [2.75, 3.05) is 11.9 Å². The van der Waals surface area contributed by atoms with Crippen molar-refractivity contribution in [3.8, 4) is 0 Å². The minimum absolute atomic E-state index is 0.0143. The van der Waals surface area contributed by atoms with Crippen molar-refractivity contribution < 1.29 is 4.79 Å². The Morgan fingerprint density at radius 2 is 2.44 bits per heavy atom. The van der Waals surface area contributed by atoms with Gasteiger partial charge in [0.1, 0.15) is 5.00 Å². The fourth-order valence-electron chi connectivity index (χ4n) is 2.89. The summed E-state index contributed by atoms with van der Waals surface area (Å²) in [5, 5.41) is 7.29. The molecule has 0 spiro atoms. The molecule has 1 aliphatic heterocycles. The smallest absolute Gasteiger partial charge is 0.321 e. The second-order valence-electron chi connectivity index (χ2n) is 4.45. The van der Waals surface area contributed by atoms with Gasteiger partial charge in [-0.3, -0.25) is 5.32 Å². The molecule has 3 rings (SSSR count). The number of anilines is 1. The fraction of sp³-hybridized carbons (Fsp3) is 0.700. The van der Waals surface area contributed by atoms with Gasteiger partial charge in [-0.2, -0.15) is 0 Å². The molecule has 5 nitrogen and oxygen atoms in total. The number of rotatable bonds is 1. The van der Waals surface area contributed by atoms with E-state index in [2.05, 4.69) is 14.9 Å². The van der Waals surface area contributed by atoms with Gasteiger partial charge in [-0.1, -0.05) is 10.9 Å². The Balaban J connectivity index is 1.67. The molecular weight excluding hydrogens is 224 g/mol. The Morgan fingerprint density at radius 1 is 1.50 bits per heavy atom. The van der Waals surface area contributed by atoms with Crippen LogP contribution in [0.2, 0.25) is 0 Å². The predicted molar refractivity (Wildman–Crippen MR) is 61.4 cm³/mol. The van der Waals surface area contributed by atoms with E-state index in [0.29, 0.717) is 6.04 Å². The Morgan fingerprint density at radius 3 is 3.25 bits per heavy atom. The first-order valence-corrected chi connectivity index (χ1v) is 6.47. The van der Waals surface area contributed by atoms with Gasteiger partial charge in [0.25, 0.3) is 0 Å². The van der Waals surface area contributed by atoms with Gasteiger partial charge >= 0.3 is 6.03 Å². The summed E-state index contributed by atoms with van der Waals surface area (Å²) in [6, 6.07) is 0.487. The molecule has 0 aromatic carbocycles. The minimum atomic E-state index is 0.0143. The van der Waals surface area contributed by atoms with E-state index in [9.17, 15) is 4.79 Å². The lowest BCUT2D eigenvalue weighted by Crippen LogP contribution is -2.38. The van der Waals surface area contributed by atoms with Crippen LogP contribution >= 0.6 is 11.5 Å². The van der Waals surface area contributed by atoms with Crippen LogP contribution in [0.5, 0.6) is 0 Å². The maximum Gasteiger partial charge on any atom is 0.322 e. The van der Waals surface area contributed by atoms with Crippen LogP contribution in [0.4, 0.5) is 9.80 Å². The van der Waals surface area contributed by atoms with Crippen molar-refractivity contribution in [2.45, 2.75) is 31.7 Å². The third-order valence-corrected chi connectivity index (χ3v) is 4.19. The molecule has 86 valence electrons. The van der Waals surface area contributed by atoms with Crippen molar-refractivity contribution in [3.63, 3.8) is 0 Å². The molecule has 6 heteroatoms. The van der Waals surface area contributed by atoms with Gasteiger partial charge in [0.15, 0.2) is 0 Å². The highest BCUT2D eigenvalue weighted by Gasteiger charge is 2.39. The van der Waals surface area contributed by atoms with Crippen molar-refractivity contribution in [3.05, 3.63) is 6.20 Å². The summed E-state index contributed by atoms with van der Waals surface area (Å²) < 4.78 is 3.73. The van der Waals surface area contributed by atoms with Crippen LogP contribution in [0, 0.1) is 5.92 Å². The average Bonchev–Trinajstić information content (AvgIpc) is 2.92. The number of carbonyl (C=O) groups excluding carboxylic acids is 1. The lowest BCUT2D eigenvalue weighted by atomic mass is 10.1. The zero-order valence-corrected chi connectivity index (χ0v) is 9.74. The van der Waals surface area contributed by atoms with E-state index in [1.807, 2.05) is 4.90 Å². The summed E-state index contributed by atoms with van der Waals surface area (Å²) in [7, 11) is 0. The normalized spacial score (nSPS) is 28.1. The summed E-state index contributed by atoms with van der Waals surface area (Å²) in [6.45, 7) is 0.896. The highest BCUT2D eigenvalue weighted by Crippen LogP contribution is 2.37. The van der Waals surface area contributed by atoms with E-state index in [4.69, 9.17) is 0 Å². The van der Waals surface area contributed by atoms with Gasteiger partial charge in [0.2, 0.25) is 0 Å². The van der Waals surface area contributed by atoms with Gasteiger partial charge in [0, 0.05) is 24.1 Å². The number of nitrogens with zero attached hydrogens (tertiary/aromatic N) is 3. The number of likely N-dealkylation sites (tertiary alicyclic amines) is 1. The summed E-state index contributed by atoms with van der Waals surface area (Å²) in [4.78, 5) is 14.0. The number of nitrogens with one attached hydrogen (secondary N) is 1. The molecular formula is C10H14N4OS. The third kappa shape index (κ3) is 1.67. The van der Waals surface area contributed by atoms with E-state index in [-0.39, 0.29) is 6.03 Å². The van der Waals surface area contributed by atoms with Crippen LogP contribution in [0.1, 0.15) is 25.7 Å². The van der Waals surface area contributed by atoms with Gasteiger partial charge < -0.3 is 4.90 Å². The number of aromatic nitrogens is 2. The number of urea groups is 1. The maximum absolute atomic E-state index is 12.0. The lowest BCUT2D eigenvalue weighted by Gasteiger charge is -2.23. The second-order valence-corrected chi connectivity index (χ2v) is 5.24. The standard InChI is InChI=1S/C10H14N4OS/c15-10(12-9-6-11-13-16-9)14-5-4-7-2-1-3-8(7)14/h6-8H,1-5H2,(H,12,15). The van der Waals surface area contributed by atoms with Gasteiger partial charge in [-0.05, 0) is 25.2 Å². The summed E-state index contributed by atoms with van der Waals surface area (Å²) in [5.74, 6) is 0.741. The lowest BCUT2D eigenvalue weighted by molar-refractivity contribution is 0.203. The van der Waals surface area contributed by atoms with Crippen LogP contribution < -0.4 is 5.32 Å². The van der Waals surface area contributed by atoms with Crippen molar-refractivity contribution in [2.24, 2.45) is 5.92 Å².